The van der Waals surface area contributed by atoms with Crippen molar-refractivity contribution in [1.29, 1.82) is 0 Å². The number of aromatic nitrogens is 3. The zero-order valence-corrected chi connectivity index (χ0v) is 8.75. The van der Waals surface area contributed by atoms with Crippen LogP contribution in [0.25, 0.3) is 0 Å². The molecule has 0 aromatic carbocycles. The molecule has 0 N–H and O–H groups in total. The van der Waals surface area contributed by atoms with Crippen molar-refractivity contribution in [1.82, 2.24) is 14.8 Å². The number of hydrogen-bond donors (Lipinski definition) is 0. The van der Waals surface area contributed by atoms with E-state index in [4.69, 9.17) is 11.6 Å². The summed E-state index contributed by atoms with van der Waals surface area (Å²) in [5.74, 6) is 3.75. The van der Waals surface area contributed by atoms with E-state index in [1.165, 1.54) is 12.8 Å². The third kappa shape index (κ3) is 1.57. The van der Waals surface area contributed by atoms with Crippen molar-refractivity contribution in [3.63, 3.8) is 0 Å². The lowest BCUT2D eigenvalue weighted by Gasteiger charge is -2.08. The van der Waals surface area contributed by atoms with E-state index < -0.39 is 0 Å². The van der Waals surface area contributed by atoms with Crippen LogP contribution >= 0.6 is 11.6 Å². The van der Waals surface area contributed by atoms with Crippen LogP contribution in [0, 0.1) is 5.92 Å². The third-order valence-electron chi connectivity index (χ3n) is 2.85. The largest absolute Gasteiger partial charge is 0.317 e. The number of alkyl halides is 1. The fraction of sp³-hybridized carbons (Fsp3) is 0.778. The molecule has 0 radical (unpaired) electrons. The molecule has 1 aromatic heterocycles. The van der Waals surface area contributed by atoms with Crippen molar-refractivity contribution in [2.24, 2.45) is 13.0 Å². The summed E-state index contributed by atoms with van der Waals surface area (Å²) in [4.78, 5) is 0. The normalized spacial score (nSPS) is 19.0. The zero-order valence-electron chi connectivity index (χ0n) is 8.00. The molecule has 1 aromatic rings. The van der Waals surface area contributed by atoms with Gasteiger partial charge in [0, 0.05) is 13.0 Å². The molecule has 1 saturated carbocycles. The number of halogens is 1. The van der Waals surface area contributed by atoms with Crippen LogP contribution in [0.4, 0.5) is 0 Å². The van der Waals surface area contributed by atoms with Crippen LogP contribution in [0.3, 0.4) is 0 Å². The van der Waals surface area contributed by atoms with E-state index in [1.54, 1.807) is 0 Å². The molecule has 0 bridgehead atoms. The van der Waals surface area contributed by atoms with E-state index in [9.17, 15) is 0 Å². The Hall–Kier alpha value is -0.570. The van der Waals surface area contributed by atoms with Gasteiger partial charge in [0.15, 0.2) is 0 Å². The first-order valence-electron chi connectivity index (χ1n) is 4.68. The molecule has 72 valence electrons. The van der Waals surface area contributed by atoms with Gasteiger partial charge in [0.25, 0.3) is 0 Å². The molecule has 1 aliphatic carbocycles. The highest BCUT2D eigenvalue weighted by atomic mass is 35.5. The van der Waals surface area contributed by atoms with Crippen molar-refractivity contribution in [3.05, 3.63) is 11.6 Å². The minimum Gasteiger partial charge on any atom is -0.317 e. The van der Waals surface area contributed by atoms with Gasteiger partial charge in [0.2, 0.25) is 0 Å². The van der Waals surface area contributed by atoms with Gasteiger partial charge in [-0.15, -0.1) is 21.8 Å². The molecule has 0 amide bonds. The second-order valence-electron chi connectivity index (χ2n) is 3.79. The fourth-order valence-corrected chi connectivity index (χ4v) is 1.93. The second kappa shape index (κ2) is 3.29. The van der Waals surface area contributed by atoms with E-state index >= 15 is 0 Å². The van der Waals surface area contributed by atoms with Crippen molar-refractivity contribution >= 4 is 11.6 Å². The maximum atomic E-state index is 5.72. The van der Waals surface area contributed by atoms with Gasteiger partial charge < -0.3 is 4.57 Å². The summed E-state index contributed by atoms with van der Waals surface area (Å²) in [5, 5.41) is 8.22. The Morgan fingerprint density at radius 2 is 2.23 bits per heavy atom. The molecule has 13 heavy (non-hydrogen) atoms. The van der Waals surface area contributed by atoms with Crippen molar-refractivity contribution in [3.8, 4) is 0 Å². The molecule has 1 fully saturated rings. The van der Waals surface area contributed by atoms with Crippen LogP contribution in [0.5, 0.6) is 0 Å². The van der Waals surface area contributed by atoms with E-state index in [2.05, 4.69) is 17.1 Å². The second-order valence-corrected chi connectivity index (χ2v) is 4.06. The predicted octanol–water partition coefficient (Wildman–Crippen LogP) is 2.07. The fourth-order valence-electron chi connectivity index (χ4n) is 1.70. The van der Waals surface area contributed by atoms with Gasteiger partial charge in [-0.1, -0.05) is 6.92 Å². The predicted molar refractivity (Wildman–Crippen MR) is 51.7 cm³/mol. The monoisotopic (exact) mass is 199 g/mol. The Morgan fingerprint density at radius 1 is 1.54 bits per heavy atom. The molecular formula is C9H14ClN3. The van der Waals surface area contributed by atoms with Crippen molar-refractivity contribution in [2.45, 2.75) is 31.6 Å². The van der Waals surface area contributed by atoms with Gasteiger partial charge in [-0.2, -0.15) is 0 Å². The van der Waals surface area contributed by atoms with Gasteiger partial charge in [0.05, 0.1) is 5.88 Å². The average molecular weight is 200 g/mol. The Balaban J connectivity index is 2.23. The first kappa shape index (κ1) is 9.00. The smallest absolute Gasteiger partial charge is 0.147 e. The molecule has 4 heteroatoms. The molecule has 1 unspecified atom stereocenters. The van der Waals surface area contributed by atoms with E-state index in [0.717, 1.165) is 17.6 Å². The summed E-state index contributed by atoms with van der Waals surface area (Å²) in [6.45, 7) is 2.22. The molecule has 0 spiro atoms. The lowest BCUT2D eigenvalue weighted by atomic mass is 10.1. The Kier molecular flexibility index (Phi) is 2.28. The summed E-state index contributed by atoms with van der Waals surface area (Å²) in [5.41, 5.74) is 0. The minimum atomic E-state index is 0.445. The molecular weight excluding hydrogens is 186 g/mol. The Morgan fingerprint density at radius 3 is 2.69 bits per heavy atom. The van der Waals surface area contributed by atoms with Gasteiger partial charge >= 0.3 is 0 Å². The zero-order chi connectivity index (χ0) is 9.42. The standard InChI is InChI=1S/C9H14ClN3/c1-6(7-3-4-7)9-12-11-8(5-10)13(9)2/h6-7H,3-5H2,1-2H3. The van der Waals surface area contributed by atoms with Crippen LogP contribution in [0.2, 0.25) is 0 Å². The first-order chi connectivity index (χ1) is 6.24. The summed E-state index contributed by atoms with van der Waals surface area (Å²) in [6.07, 6.45) is 2.68. The molecule has 0 aliphatic heterocycles. The summed E-state index contributed by atoms with van der Waals surface area (Å²) in [7, 11) is 1.99. The average Bonchev–Trinajstić information content (AvgIpc) is 2.89. The minimum absolute atomic E-state index is 0.445. The van der Waals surface area contributed by atoms with E-state index in [1.807, 2.05) is 11.6 Å². The van der Waals surface area contributed by atoms with Gasteiger partial charge in [-0.25, -0.2) is 0 Å². The van der Waals surface area contributed by atoms with Crippen molar-refractivity contribution in [2.75, 3.05) is 0 Å². The topological polar surface area (TPSA) is 30.7 Å². The lowest BCUT2D eigenvalue weighted by Crippen LogP contribution is -2.06. The van der Waals surface area contributed by atoms with Crippen LogP contribution in [0.15, 0.2) is 0 Å². The summed E-state index contributed by atoms with van der Waals surface area (Å²) < 4.78 is 2.02. The molecule has 1 aliphatic rings. The number of hydrogen-bond acceptors (Lipinski definition) is 2. The number of rotatable bonds is 3. The highest BCUT2D eigenvalue weighted by molar-refractivity contribution is 6.16. The van der Waals surface area contributed by atoms with Gasteiger partial charge in [-0.3, -0.25) is 0 Å². The molecule has 3 nitrogen and oxygen atoms in total. The third-order valence-corrected chi connectivity index (χ3v) is 3.09. The maximum absolute atomic E-state index is 5.72. The molecule has 1 atom stereocenters. The van der Waals surface area contributed by atoms with E-state index in [0.29, 0.717) is 11.8 Å². The van der Waals surface area contributed by atoms with Crippen LogP contribution < -0.4 is 0 Å². The highest BCUT2D eigenvalue weighted by Gasteiger charge is 2.31. The van der Waals surface area contributed by atoms with Gasteiger partial charge in [-0.05, 0) is 18.8 Å². The van der Waals surface area contributed by atoms with Gasteiger partial charge in [0.1, 0.15) is 11.6 Å². The van der Waals surface area contributed by atoms with Crippen molar-refractivity contribution < 1.29 is 0 Å². The number of nitrogens with zero attached hydrogens (tertiary/aromatic N) is 3. The maximum Gasteiger partial charge on any atom is 0.147 e. The van der Waals surface area contributed by atoms with Crippen LogP contribution in [-0.2, 0) is 12.9 Å². The quantitative estimate of drug-likeness (QED) is 0.698. The summed E-state index contributed by atoms with van der Waals surface area (Å²) in [6, 6.07) is 0. The summed E-state index contributed by atoms with van der Waals surface area (Å²) >= 11 is 5.72. The SMILES string of the molecule is CC(c1nnc(CCl)n1C)C1CC1. The Bertz CT molecular complexity index is 304. The highest BCUT2D eigenvalue weighted by Crippen LogP contribution is 2.41. The lowest BCUT2D eigenvalue weighted by molar-refractivity contribution is 0.589. The molecule has 2 rings (SSSR count). The Labute approximate surface area is 83.1 Å². The molecule has 0 saturated heterocycles. The first-order valence-corrected chi connectivity index (χ1v) is 5.21. The van der Waals surface area contributed by atoms with Crippen LogP contribution in [-0.4, -0.2) is 14.8 Å². The van der Waals surface area contributed by atoms with Crippen LogP contribution in [0.1, 0.15) is 37.3 Å². The van der Waals surface area contributed by atoms with E-state index in [-0.39, 0.29) is 0 Å². The molecule has 1 heterocycles.